The summed E-state index contributed by atoms with van der Waals surface area (Å²) in [6, 6.07) is 6.36. The lowest BCUT2D eigenvalue weighted by Gasteiger charge is -2.35. The predicted octanol–water partition coefficient (Wildman–Crippen LogP) is 2.88. The second-order valence-electron chi connectivity index (χ2n) is 5.30. The number of hydrogen-bond acceptors (Lipinski definition) is 5. The van der Waals surface area contributed by atoms with E-state index in [1.807, 2.05) is 5.32 Å². The molecule has 6 nitrogen and oxygen atoms in total. The van der Waals surface area contributed by atoms with E-state index in [0.29, 0.717) is 0 Å². The van der Waals surface area contributed by atoms with Gasteiger partial charge < -0.3 is 15.4 Å². The summed E-state index contributed by atoms with van der Waals surface area (Å²) >= 11 is 0. The Kier molecular flexibility index (Phi) is 5.98. The number of carbonyl (C=O) groups is 2. The highest BCUT2D eigenvalue weighted by Gasteiger charge is 2.63. The van der Waals surface area contributed by atoms with Gasteiger partial charge in [0.05, 0.1) is 12.2 Å². The first kappa shape index (κ1) is 20.1. The molecule has 2 N–H and O–H groups in total. The van der Waals surface area contributed by atoms with E-state index in [-0.39, 0.29) is 17.9 Å². The van der Waals surface area contributed by atoms with Gasteiger partial charge in [-0.25, -0.2) is 9.18 Å². The standard InChI is InChI=1S/C17H15F4N3O3/c1-2-27-15(26)16(17(19,20)21,23-13-7-5-12(18)6-8-13)24-14(25)11-4-3-9-22-10-11/h3-10,23H,2H2,1H3,(H,24,25)/t16-/m1/s1. The Labute approximate surface area is 151 Å². The summed E-state index contributed by atoms with van der Waals surface area (Å²) in [4.78, 5) is 28.2. The molecule has 0 saturated heterocycles. The summed E-state index contributed by atoms with van der Waals surface area (Å²) < 4.78 is 59.4. The van der Waals surface area contributed by atoms with Crippen LogP contribution in [0.3, 0.4) is 0 Å². The Morgan fingerprint density at radius 3 is 2.33 bits per heavy atom. The molecule has 1 aromatic heterocycles. The minimum Gasteiger partial charge on any atom is -0.463 e. The van der Waals surface area contributed by atoms with Gasteiger partial charge in [-0.05, 0) is 43.3 Å². The van der Waals surface area contributed by atoms with E-state index in [9.17, 15) is 27.2 Å². The SMILES string of the molecule is CCOC(=O)[C@](NC(=O)c1cccnc1)(Nc1ccc(F)cc1)C(F)(F)F. The van der Waals surface area contributed by atoms with Crippen molar-refractivity contribution in [3.63, 3.8) is 0 Å². The highest BCUT2D eigenvalue weighted by molar-refractivity contribution is 5.99. The third kappa shape index (κ3) is 4.52. The van der Waals surface area contributed by atoms with Crippen molar-refractivity contribution in [2.45, 2.75) is 18.8 Å². The molecule has 2 rings (SSSR count). The summed E-state index contributed by atoms with van der Waals surface area (Å²) in [6.07, 6.45) is -2.92. The van der Waals surface area contributed by atoms with Gasteiger partial charge in [0.1, 0.15) is 5.82 Å². The maximum absolute atomic E-state index is 13.9. The number of anilines is 1. The molecule has 0 spiro atoms. The van der Waals surface area contributed by atoms with Crippen LogP contribution in [-0.2, 0) is 9.53 Å². The lowest BCUT2D eigenvalue weighted by Crippen LogP contribution is -2.69. The Hall–Kier alpha value is -3.17. The number of carbonyl (C=O) groups excluding carboxylic acids is 2. The van der Waals surface area contributed by atoms with E-state index in [2.05, 4.69) is 9.72 Å². The summed E-state index contributed by atoms with van der Waals surface area (Å²) in [5.74, 6) is -3.66. The van der Waals surface area contributed by atoms with Gasteiger partial charge in [-0.1, -0.05) is 0 Å². The van der Waals surface area contributed by atoms with E-state index < -0.39 is 29.5 Å². The Bertz CT molecular complexity index is 797. The fraction of sp³-hybridized carbons (Fsp3) is 0.235. The van der Waals surface area contributed by atoms with Gasteiger partial charge in [0, 0.05) is 18.1 Å². The molecule has 0 aliphatic carbocycles. The second-order valence-corrected chi connectivity index (χ2v) is 5.30. The van der Waals surface area contributed by atoms with Gasteiger partial charge in [0.15, 0.2) is 0 Å². The normalized spacial score (nSPS) is 13.4. The van der Waals surface area contributed by atoms with Gasteiger partial charge in [-0.15, -0.1) is 0 Å². The minimum absolute atomic E-state index is 0.198. The van der Waals surface area contributed by atoms with Gasteiger partial charge >= 0.3 is 17.8 Å². The molecule has 0 radical (unpaired) electrons. The molecule has 0 saturated carbocycles. The summed E-state index contributed by atoms with van der Waals surface area (Å²) in [5.41, 5.74) is -4.04. The van der Waals surface area contributed by atoms with E-state index in [1.54, 1.807) is 5.32 Å². The first-order chi connectivity index (χ1) is 12.7. The first-order valence-electron chi connectivity index (χ1n) is 7.70. The Balaban J connectivity index is 2.48. The molecule has 1 aromatic carbocycles. The van der Waals surface area contributed by atoms with Gasteiger partial charge in [-0.2, -0.15) is 13.2 Å². The summed E-state index contributed by atoms with van der Waals surface area (Å²) in [5, 5.41) is 3.58. The Morgan fingerprint density at radius 1 is 1.15 bits per heavy atom. The van der Waals surface area contributed by atoms with Crippen LogP contribution in [0.2, 0.25) is 0 Å². The second kappa shape index (κ2) is 8.02. The van der Waals surface area contributed by atoms with Crippen molar-refractivity contribution in [1.82, 2.24) is 10.3 Å². The average Bonchev–Trinajstić information content (AvgIpc) is 2.62. The molecule has 144 valence electrons. The lowest BCUT2D eigenvalue weighted by molar-refractivity contribution is -0.204. The van der Waals surface area contributed by atoms with Gasteiger partial charge in [0.25, 0.3) is 5.91 Å². The molecule has 1 amide bonds. The molecule has 0 bridgehead atoms. The van der Waals surface area contributed by atoms with Crippen LogP contribution in [0, 0.1) is 5.82 Å². The van der Waals surface area contributed by atoms with E-state index >= 15 is 0 Å². The fourth-order valence-corrected chi connectivity index (χ4v) is 2.12. The van der Waals surface area contributed by atoms with Crippen LogP contribution < -0.4 is 10.6 Å². The number of hydrogen-bond donors (Lipinski definition) is 2. The molecular formula is C17H15F4N3O3. The summed E-state index contributed by atoms with van der Waals surface area (Å²) in [6.45, 7) is 0.963. The average molecular weight is 385 g/mol. The fourth-order valence-electron chi connectivity index (χ4n) is 2.12. The molecule has 0 aliphatic heterocycles. The van der Waals surface area contributed by atoms with E-state index in [1.165, 1.54) is 25.3 Å². The van der Waals surface area contributed by atoms with Crippen LogP contribution in [-0.4, -0.2) is 35.3 Å². The largest absolute Gasteiger partial charge is 0.463 e. The molecule has 10 heteroatoms. The maximum atomic E-state index is 13.9. The van der Waals surface area contributed by atoms with Crippen LogP contribution in [0.1, 0.15) is 17.3 Å². The zero-order valence-electron chi connectivity index (χ0n) is 14.0. The third-order valence-electron chi connectivity index (χ3n) is 3.41. The van der Waals surface area contributed by atoms with Crippen molar-refractivity contribution in [1.29, 1.82) is 0 Å². The van der Waals surface area contributed by atoms with E-state index in [0.717, 1.165) is 30.5 Å². The number of amides is 1. The monoisotopic (exact) mass is 385 g/mol. The van der Waals surface area contributed by atoms with Crippen molar-refractivity contribution in [3.05, 3.63) is 60.2 Å². The molecule has 1 atom stereocenters. The number of alkyl halides is 3. The van der Waals surface area contributed by atoms with Crippen molar-refractivity contribution in [2.24, 2.45) is 0 Å². The number of pyridine rings is 1. The number of nitrogens with zero attached hydrogens (tertiary/aromatic N) is 1. The molecule has 0 unspecified atom stereocenters. The molecule has 2 aromatic rings. The molecule has 0 fully saturated rings. The highest BCUT2D eigenvalue weighted by atomic mass is 19.4. The summed E-state index contributed by atoms with van der Waals surface area (Å²) in [7, 11) is 0. The number of benzene rings is 1. The predicted molar refractivity (Wildman–Crippen MR) is 87.1 cm³/mol. The maximum Gasteiger partial charge on any atom is 0.441 e. The van der Waals surface area contributed by atoms with Crippen molar-refractivity contribution < 1.29 is 31.9 Å². The van der Waals surface area contributed by atoms with E-state index in [4.69, 9.17) is 0 Å². The number of halogens is 4. The topological polar surface area (TPSA) is 80.3 Å². The number of esters is 1. The van der Waals surface area contributed by atoms with Gasteiger partial charge in [-0.3, -0.25) is 9.78 Å². The Morgan fingerprint density at radius 2 is 1.81 bits per heavy atom. The number of nitrogens with one attached hydrogen (secondary N) is 2. The van der Waals surface area contributed by atoms with Crippen LogP contribution in [0.25, 0.3) is 0 Å². The zero-order valence-corrected chi connectivity index (χ0v) is 14.0. The van der Waals surface area contributed by atoms with Crippen molar-refractivity contribution >= 4 is 17.6 Å². The van der Waals surface area contributed by atoms with Crippen molar-refractivity contribution in [2.75, 3.05) is 11.9 Å². The first-order valence-corrected chi connectivity index (χ1v) is 7.70. The smallest absolute Gasteiger partial charge is 0.441 e. The number of rotatable bonds is 6. The lowest BCUT2D eigenvalue weighted by atomic mass is 10.1. The molecule has 27 heavy (non-hydrogen) atoms. The third-order valence-corrected chi connectivity index (χ3v) is 3.41. The van der Waals surface area contributed by atoms with Crippen LogP contribution in [0.15, 0.2) is 48.8 Å². The molecule has 1 heterocycles. The van der Waals surface area contributed by atoms with Crippen LogP contribution in [0.5, 0.6) is 0 Å². The highest BCUT2D eigenvalue weighted by Crippen LogP contribution is 2.33. The quantitative estimate of drug-likeness (QED) is 0.454. The minimum atomic E-state index is -5.29. The molecule has 0 aliphatic rings. The zero-order chi connectivity index (χ0) is 20.1. The van der Waals surface area contributed by atoms with Crippen molar-refractivity contribution in [3.8, 4) is 0 Å². The van der Waals surface area contributed by atoms with Gasteiger partial charge in [0.2, 0.25) is 0 Å². The molecular weight excluding hydrogens is 370 g/mol. The number of aromatic nitrogens is 1. The number of ether oxygens (including phenoxy) is 1. The van der Waals surface area contributed by atoms with Crippen LogP contribution in [0.4, 0.5) is 23.2 Å². The van der Waals surface area contributed by atoms with Crippen LogP contribution >= 0.6 is 0 Å².